The molecule has 4 atom stereocenters. The van der Waals surface area contributed by atoms with Crippen LogP contribution in [-0.4, -0.2) is 72.2 Å². The fourth-order valence-corrected chi connectivity index (χ4v) is 4.60. The number of hydrogen-bond donors (Lipinski definition) is 1. The lowest BCUT2D eigenvalue weighted by Crippen LogP contribution is -2.48. The molecule has 0 aromatic heterocycles. The summed E-state index contributed by atoms with van der Waals surface area (Å²) in [6.07, 6.45) is -2.14. The molecule has 0 aromatic rings. The zero-order chi connectivity index (χ0) is 24.5. The van der Waals surface area contributed by atoms with Crippen molar-refractivity contribution in [3.05, 3.63) is 0 Å². The van der Waals surface area contributed by atoms with E-state index in [2.05, 4.69) is 4.74 Å². The minimum absolute atomic E-state index is 0.193. The van der Waals surface area contributed by atoms with Gasteiger partial charge >= 0.3 is 23.1 Å². The van der Waals surface area contributed by atoms with E-state index in [0.29, 0.717) is 12.8 Å². The van der Waals surface area contributed by atoms with Crippen LogP contribution in [0.2, 0.25) is 0 Å². The Balaban J connectivity index is 1.91. The standard InChI is InChI=1S/C18H26F4O9S/c1-3-16(25,4-2)11-8-12(13-7-10(11)15(24)31-13)30-9-14(23)29-6-5-17(19,20)18(21,22)32(26,27)28/h10-13,25H,3-9H2,1-2H3,(H,26,27,28)/p-1. The van der Waals surface area contributed by atoms with Crippen LogP contribution in [-0.2, 0) is 33.9 Å². The fraction of sp³-hybridized carbons (Fsp3) is 0.889. The van der Waals surface area contributed by atoms with Crippen molar-refractivity contribution in [2.45, 2.75) is 74.9 Å². The van der Waals surface area contributed by atoms with Gasteiger partial charge in [0.1, 0.15) is 12.7 Å². The summed E-state index contributed by atoms with van der Waals surface area (Å²) in [5.74, 6) is -7.94. The lowest BCUT2D eigenvalue weighted by molar-refractivity contribution is -0.178. The van der Waals surface area contributed by atoms with Gasteiger partial charge in [0, 0.05) is 12.3 Å². The van der Waals surface area contributed by atoms with Gasteiger partial charge in [-0.3, -0.25) is 4.79 Å². The maximum absolute atomic E-state index is 13.4. The van der Waals surface area contributed by atoms with E-state index in [9.17, 15) is 45.2 Å². The van der Waals surface area contributed by atoms with Gasteiger partial charge in [0.05, 0.1) is 30.7 Å². The molecule has 186 valence electrons. The van der Waals surface area contributed by atoms with Gasteiger partial charge in [0.2, 0.25) is 0 Å². The SMILES string of the molecule is CCC(O)(CC)C1CC(OCC(=O)OCCC(F)(F)C(F)(F)S(=O)(=O)[O-])C2CC1C(=O)O2. The predicted molar refractivity (Wildman–Crippen MR) is 96.5 cm³/mol. The second-order valence-corrected chi connectivity index (χ2v) is 9.39. The second-order valence-electron chi connectivity index (χ2n) is 7.97. The second kappa shape index (κ2) is 9.39. The monoisotopic (exact) mass is 493 g/mol. The minimum atomic E-state index is -6.63. The molecule has 9 nitrogen and oxygen atoms in total. The van der Waals surface area contributed by atoms with Crippen LogP contribution in [0.15, 0.2) is 0 Å². The number of fused-ring (bicyclic) bond motifs is 2. The van der Waals surface area contributed by atoms with E-state index in [-0.39, 0.29) is 12.8 Å². The van der Waals surface area contributed by atoms with Crippen LogP contribution < -0.4 is 0 Å². The van der Waals surface area contributed by atoms with Crippen LogP contribution in [0.3, 0.4) is 0 Å². The smallest absolute Gasteiger partial charge is 0.396 e. The molecule has 32 heavy (non-hydrogen) atoms. The topological polar surface area (TPSA) is 139 Å². The van der Waals surface area contributed by atoms with Gasteiger partial charge in [-0.15, -0.1) is 0 Å². The van der Waals surface area contributed by atoms with E-state index in [1.807, 2.05) is 0 Å². The minimum Gasteiger partial charge on any atom is -0.743 e. The molecule has 1 heterocycles. The van der Waals surface area contributed by atoms with Gasteiger partial charge in [-0.1, -0.05) is 13.8 Å². The maximum Gasteiger partial charge on any atom is 0.396 e. The number of carbonyl (C=O) groups excluding carboxylic acids is 2. The quantitative estimate of drug-likeness (QED) is 0.258. The molecule has 0 amide bonds. The van der Waals surface area contributed by atoms with Crippen molar-refractivity contribution in [2.24, 2.45) is 11.8 Å². The zero-order valence-corrected chi connectivity index (χ0v) is 18.2. The first kappa shape index (κ1) is 26.7. The summed E-state index contributed by atoms with van der Waals surface area (Å²) in [5.41, 5.74) is -1.15. The van der Waals surface area contributed by atoms with Crippen molar-refractivity contribution in [2.75, 3.05) is 13.2 Å². The van der Waals surface area contributed by atoms with Gasteiger partial charge in [0.15, 0.2) is 10.1 Å². The molecule has 2 bridgehead atoms. The number of alkyl halides is 4. The van der Waals surface area contributed by atoms with E-state index in [0.717, 1.165) is 0 Å². The van der Waals surface area contributed by atoms with Crippen LogP contribution in [0.5, 0.6) is 0 Å². The highest BCUT2D eigenvalue weighted by atomic mass is 32.2. The predicted octanol–water partition coefficient (Wildman–Crippen LogP) is 1.58. The first-order valence-electron chi connectivity index (χ1n) is 10.0. The van der Waals surface area contributed by atoms with Gasteiger partial charge in [-0.2, -0.15) is 17.6 Å². The Labute approximate surface area is 182 Å². The zero-order valence-electron chi connectivity index (χ0n) is 17.4. The van der Waals surface area contributed by atoms with E-state index in [4.69, 9.17) is 9.47 Å². The molecule has 1 saturated carbocycles. The van der Waals surface area contributed by atoms with Gasteiger partial charge in [-0.25, -0.2) is 13.2 Å². The number of rotatable bonds is 11. The Kier molecular flexibility index (Phi) is 7.85. The highest BCUT2D eigenvalue weighted by molar-refractivity contribution is 7.86. The van der Waals surface area contributed by atoms with E-state index < -0.39 is 82.5 Å². The molecular weight excluding hydrogens is 468 g/mol. The number of esters is 2. The summed E-state index contributed by atoms with van der Waals surface area (Å²) in [6, 6.07) is 0. The maximum atomic E-state index is 13.4. The first-order valence-corrected chi connectivity index (χ1v) is 11.4. The molecule has 1 aliphatic heterocycles. The molecule has 2 fully saturated rings. The van der Waals surface area contributed by atoms with Crippen LogP contribution >= 0.6 is 0 Å². The van der Waals surface area contributed by atoms with Crippen LogP contribution in [0.25, 0.3) is 0 Å². The van der Waals surface area contributed by atoms with E-state index in [1.165, 1.54) is 0 Å². The highest BCUT2D eigenvalue weighted by Gasteiger charge is 2.61. The molecule has 0 spiro atoms. The summed E-state index contributed by atoms with van der Waals surface area (Å²) in [4.78, 5) is 23.9. The number of halogens is 4. The van der Waals surface area contributed by atoms with Gasteiger partial charge in [0.25, 0.3) is 0 Å². The fourth-order valence-electron chi connectivity index (χ4n) is 4.14. The third kappa shape index (κ3) is 5.18. The number of aliphatic hydroxyl groups is 1. The largest absolute Gasteiger partial charge is 0.743 e. The van der Waals surface area contributed by atoms with Crippen molar-refractivity contribution in [1.82, 2.24) is 0 Å². The van der Waals surface area contributed by atoms with Crippen LogP contribution in [0, 0.1) is 11.8 Å². The number of hydrogen-bond acceptors (Lipinski definition) is 9. The van der Waals surface area contributed by atoms with E-state index >= 15 is 0 Å². The molecule has 14 heteroatoms. The molecule has 4 unspecified atom stereocenters. The van der Waals surface area contributed by atoms with Crippen molar-refractivity contribution in [3.63, 3.8) is 0 Å². The molecule has 2 rings (SSSR count). The third-order valence-electron chi connectivity index (χ3n) is 6.19. The van der Waals surface area contributed by atoms with Crippen LogP contribution in [0.4, 0.5) is 17.6 Å². The summed E-state index contributed by atoms with van der Waals surface area (Å²) < 4.78 is 98.9. The Morgan fingerprint density at radius 3 is 2.34 bits per heavy atom. The van der Waals surface area contributed by atoms with Gasteiger partial charge < -0.3 is 23.9 Å². The molecule has 1 aliphatic carbocycles. The van der Waals surface area contributed by atoms with Crippen molar-refractivity contribution >= 4 is 22.1 Å². The first-order chi connectivity index (χ1) is 14.6. The highest BCUT2D eigenvalue weighted by Crippen LogP contribution is 2.47. The molecular formula is C18H25F4O9S-. The average Bonchev–Trinajstić information content (AvgIpc) is 3.01. The molecule has 1 N–H and O–H groups in total. The van der Waals surface area contributed by atoms with Crippen molar-refractivity contribution < 1.29 is 59.4 Å². The van der Waals surface area contributed by atoms with E-state index in [1.54, 1.807) is 13.8 Å². The number of ether oxygens (including phenoxy) is 3. The van der Waals surface area contributed by atoms with Crippen molar-refractivity contribution in [1.29, 1.82) is 0 Å². The molecule has 0 radical (unpaired) electrons. The Morgan fingerprint density at radius 2 is 1.81 bits per heavy atom. The number of carbonyl (C=O) groups is 2. The molecule has 1 saturated heterocycles. The summed E-state index contributed by atoms with van der Waals surface area (Å²) >= 11 is 0. The average molecular weight is 493 g/mol. The lowest BCUT2D eigenvalue weighted by Gasteiger charge is -2.41. The van der Waals surface area contributed by atoms with Gasteiger partial charge in [-0.05, 0) is 19.3 Å². The normalized spacial score (nSPS) is 26.7. The molecule has 2 aliphatic rings. The summed E-state index contributed by atoms with van der Waals surface area (Å²) in [7, 11) is -6.63. The summed E-state index contributed by atoms with van der Waals surface area (Å²) in [6.45, 7) is 1.45. The Morgan fingerprint density at radius 1 is 1.22 bits per heavy atom. The Bertz CT molecular complexity index is 813. The van der Waals surface area contributed by atoms with Crippen molar-refractivity contribution in [3.8, 4) is 0 Å². The third-order valence-corrected chi connectivity index (χ3v) is 7.12. The van der Waals surface area contributed by atoms with Crippen LogP contribution in [0.1, 0.15) is 46.0 Å². The summed E-state index contributed by atoms with van der Waals surface area (Å²) in [5, 5.41) is 4.99. The lowest BCUT2D eigenvalue weighted by atomic mass is 9.67. The Hall–Kier alpha value is -1.51. The molecule has 0 aromatic carbocycles.